The third-order valence-corrected chi connectivity index (χ3v) is 3.30. The van der Waals surface area contributed by atoms with Crippen LogP contribution in [-0.2, 0) is 0 Å². The van der Waals surface area contributed by atoms with Crippen LogP contribution in [0, 0.1) is 22.9 Å². The van der Waals surface area contributed by atoms with Crippen molar-refractivity contribution < 1.29 is 9.31 Å². The predicted octanol–water partition coefficient (Wildman–Crippen LogP) is 3.38. The van der Waals surface area contributed by atoms with Gasteiger partial charge in [-0.1, -0.05) is 0 Å². The third-order valence-electron chi connectivity index (χ3n) is 2.65. The molecule has 0 radical (unpaired) electrons. The Morgan fingerprint density at radius 3 is 2.67 bits per heavy atom. The maximum Gasteiger partial charge on any atom is 0.332 e. The SMILES string of the molecule is CNc1nc(C)c([N+](=O)[O-])c(Nc2ccc(F)cc2Br)n1. The molecule has 0 atom stereocenters. The van der Waals surface area contributed by atoms with Crippen molar-refractivity contribution in [1.29, 1.82) is 0 Å². The van der Waals surface area contributed by atoms with Crippen molar-refractivity contribution in [2.24, 2.45) is 0 Å². The fourth-order valence-electron chi connectivity index (χ4n) is 1.70. The molecule has 0 spiro atoms. The lowest BCUT2D eigenvalue weighted by Crippen LogP contribution is -2.07. The molecule has 0 bridgehead atoms. The highest BCUT2D eigenvalue weighted by Crippen LogP contribution is 2.32. The fourth-order valence-corrected chi connectivity index (χ4v) is 2.15. The lowest BCUT2D eigenvalue weighted by atomic mass is 10.3. The maximum atomic E-state index is 13.1. The van der Waals surface area contributed by atoms with Gasteiger partial charge >= 0.3 is 5.69 Å². The molecule has 7 nitrogen and oxygen atoms in total. The number of nitrogens with zero attached hydrogens (tertiary/aromatic N) is 3. The average Bonchev–Trinajstić information content (AvgIpc) is 2.40. The van der Waals surface area contributed by atoms with Gasteiger partial charge in [-0.05, 0) is 41.1 Å². The summed E-state index contributed by atoms with van der Waals surface area (Å²) in [6.07, 6.45) is 0. The van der Waals surface area contributed by atoms with Crippen LogP contribution in [-0.4, -0.2) is 21.9 Å². The molecule has 0 saturated heterocycles. The first-order valence-corrected chi connectivity index (χ1v) is 6.64. The lowest BCUT2D eigenvalue weighted by molar-refractivity contribution is -0.385. The van der Waals surface area contributed by atoms with Crippen LogP contribution in [0.1, 0.15) is 5.69 Å². The molecule has 1 aromatic heterocycles. The van der Waals surface area contributed by atoms with Gasteiger partial charge in [0.05, 0.1) is 10.6 Å². The molecule has 0 aliphatic rings. The van der Waals surface area contributed by atoms with Crippen LogP contribution >= 0.6 is 15.9 Å². The number of hydrogen-bond donors (Lipinski definition) is 2. The number of nitro groups is 1. The van der Waals surface area contributed by atoms with E-state index in [0.29, 0.717) is 10.2 Å². The first-order chi connectivity index (χ1) is 9.92. The van der Waals surface area contributed by atoms with E-state index in [1.165, 1.54) is 25.1 Å². The number of rotatable bonds is 4. The molecule has 2 aromatic rings. The molecule has 1 heterocycles. The van der Waals surface area contributed by atoms with E-state index >= 15 is 0 Å². The van der Waals surface area contributed by atoms with Crippen LogP contribution in [0.5, 0.6) is 0 Å². The van der Waals surface area contributed by atoms with Gasteiger partial charge in [0.25, 0.3) is 0 Å². The molecule has 2 rings (SSSR count). The molecule has 0 aliphatic heterocycles. The molecule has 0 amide bonds. The highest BCUT2D eigenvalue weighted by molar-refractivity contribution is 9.10. The van der Waals surface area contributed by atoms with Gasteiger partial charge in [-0.15, -0.1) is 0 Å². The number of halogens is 2. The Morgan fingerprint density at radius 2 is 2.10 bits per heavy atom. The highest BCUT2D eigenvalue weighted by atomic mass is 79.9. The summed E-state index contributed by atoms with van der Waals surface area (Å²) in [5.74, 6) is -0.139. The second-order valence-corrected chi connectivity index (χ2v) is 4.94. The van der Waals surface area contributed by atoms with E-state index in [4.69, 9.17) is 0 Å². The minimum absolute atomic E-state index is 0.0316. The Labute approximate surface area is 127 Å². The van der Waals surface area contributed by atoms with E-state index in [0.717, 1.165) is 0 Å². The Bertz CT molecular complexity index is 710. The van der Waals surface area contributed by atoms with E-state index in [9.17, 15) is 14.5 Å². The minimum atomic E-state index is -0.561. The third kappa shape index (κ3) is 3.24. The molecule has 0 saturated carbocycles. The maximum absolute atomic E-state index is 13.1. The first-order valence-electron chi connectivity index (χ1n) is 5.85. The predicted molar refractivity (Wildman–Crippen MR) is 80.4 cm³/mol. The molecule has 0 fully saturated rings. The Hall–Kier alpha value is -2.29. The second kappa shape index (κ2) is 6.00. The van der Waals surface area contributed by atoms with Crippen LogP contribution in [0.2, 0.25) is 0 Å². The minimum Gasteiger partial charge on any atom is -0.357 e. The number of nitrogens with one attached hydrogen (secondary N) is 2. The standard InChI is InChI=1S/C12H11BrFN5O2/c1-6-10(19(20)21)11(18-12(15-2)16-6)17-9-4-3-7(14)5-8(9)13/h3-5H,1-2H3,(H2,15,16,17,18). The molecule has 1 aromatic carbocycles. The smallest absolute Gasteiger partial charge is 0.332 e. The quantitative estimate of drug-likeness (QED) is 0.644. The van der Waals surface area contributed by atoms with Crippen molar-refractivity contribution >= 4 is 39.1 Å². The monoisotopic (exact) mass is 355 g/mol. The van der Waals surface area contributed by atoms with Gasteiger partial charge in [0.15, 0.2) is 0 Å². The van der Waals surface area contributed by atoms with E-state index in [1.807, 2.05) is 0 Å². The van der Waals surface area contributed by atoms with E-state index in [-0.39, 0.29) is 23.1 Å². The summed E-state index contributed by atoms with van der Waals surface area (Å²) >= 11 is 3.19. The zero-order valence-electron chi connectivity index (χ0n) is 11.1. The van der Waals surface area contributed by atoms with Gasteiger partial charge < -0.3 is 10.6 Å². The van der Waals surface area contributed by atoms with Crippen molar-refractivity contribution in [1.82, 2.24) is 9.97 Å². The number of anilines is 3. The molecule has 0 aliphatic carbocycles. The second-order valence-electron chi connectivity index (χ2n) is 4.09. The zero-order chi connectivity index (χ0) is 15.6. The number of hydrogen-bond acceptors (Lipinski definition) is 6. The molecule has 0 unspecified atom stereocenters. The topological polar surface area (TPSA) is 93.0 Å². The van der Waals surface area contributed by atoms with Crippen molar-refractivity contribution in [3.63, 3.8) is 0 Å². The summed E-state index contributed by atoms with van der Waals surface area (Å²) in [5, 5.41) is 16.7. The summed E-state index contributed by atoms with van der Waals surface area (Å²) in [4.78, 5) is 18.6. The van der Waals surface area contributed by atoms with Gasteiger partial charge in [-0.25, -0.2) is 9.37 Å². The van der Waals surface area contributed by atoms with Gasteiger partial charge in [0.1, 0.15) is 11.5 Å². The van der Waals surface area contributed by atoms with Crippen molar-refractivity contribution in [3.05, 3.63) is 44.3 Å². The molecule has 2 N–H and O–H groups in total. The summed E-state index contributed by atoms with van der Waals surface area (Å²) < 4.78 is 13.5. The molecule has 110 valence electrons. The van der Waals surface area contributed by atoms with Crippen LogP contribution in [0.15, 0.2) is 22.7 Å². The van der Waals surface area contributed by atoms with Gasteiger partial charge in [0.2, 0.25) is 11.8 Å². The summed E-state index contributed by atoms with van der Waals surface area (Å²) in [7, 11) is 1.61. The molecule has 21 heavy (non-hydrogen) atoms. The average molecular weight is 356 g/mol. The van der Waals surface area contributed by atoms with Crippen LogP contribution in [0.3, 0.4) is 0 Å². The largest absolute Gasteiger partial charge is 0.357 e. The first kappa shape index (κ1) is 15.1. The van der Waals surface area contributed by atoms with Crippen LogP contribution in [0.25, 0.3) is 0 Å². The number of benzene rings is 1. The van der Waals surface area contributed by atoms with Gasteiger partial charge in [0, 0.05) is 11.5 Å². The van der Waals surface area contributed by atoms with E-state index < -0.39 is 10.7 Å². The highest BCUT2D eigenvalue weighted by Gasteiger charge is 2.22. The van der Waals surface area contributed by atoms with Gasteiger partial charge in [-0.2, -0.15) is 4.98 Å². The molecule has 9 heteroatoms. The zero-order valence-corrected chi connectivity index (χ0v) is 12.7. The summed E-state index contributed by atoms with van der Waals surface area (Å²) in [6, 6.07) is 3.95. The fraction of sp³-hybridized carbons (Fsp3) is 0.167. The van der Waals surface area contributed by atoms with Crippen molar-refractivity contribution in [3.8, 4) is 0 Å². The number of aromatic nitrogens is 2. The van der Waals surface area contributed by atoms with Gasteiger partial charge in [-0.3, -0.25) is 10.1 Å². The Balaban J connectivity index is 2.51. The van der Waals surface area contributed by atoms with Crippen LogP contribution in [0.4, 0.5) is 27.5 Å². The lowest BCUT2D eigenvalue weighted by Gasteiger charge is -2.10. The van der Waals surface area contributed by atoms with Crippen molar-refractivity contribution in [2.45, 2.75) is 6.92 Å². The Morgan fingerprint density at radius 1 is 1.38 bits per heavy atom. The summed E-state index contributed by atoms with van der Waals surface area (Å²) in [6.45, 7) is 1.52. The Kier molecular flexibility index (Phi) is 4.32. The summed E-state index contributed by atoms with van der Waals surface area (Å²) in [5.41, 5.74) is 0.449. The van der Waals surface area contributed by atoms with E-state index in [1.54, 1.807) is 7.05 Å². The van der Waals surface area contributed by atoms with Crippen LogP contribution < -0.4 is 10.6 Å². The molecular weight excluding hydrogens is 345 g/mol. The normalized spacial score (nSPS) is 10.3. The molecular formula is C12H11BrFN5O2. The van der Waals surface area contributed by atoms with Crippen molar-refractivity contribution in [2.75, 3.05) is 17.7 Å². The van der Waals surface area contributed by atoms with E-state index in [2.05, 4.69) is 36.5 Å². The number of aryl methyl sites for hydroxylation is 1.